The Hall–Kier alpha value is -3.31. The Morgan fingerprint density at radius 1 is 0.750 bits per heavy atom. The van der Waals surface area contributed by atoms with Gasteiger partial charge in [0.1, 0.15) is 12.7 Å². The molecule has 0 aromatic heterocycles. The molecular formula is C27H22O4S. The molecule has 4 aromatic rings. The second-order valence-corrected chi connectivity index (χ2v) is 9.27. The summed E-state index contributed by atoms with van der Waals surface area (Å²) in [6.07, 6.45) is 0.498. The summed E-state index contributed by atoms with van der Waals surface area (Å²) in [6.45, 7) is 0.306. The number of hydrogen-bond donors (Lipinski definition) is 0. The van der Waals surface area contributed by atoms with Crippen LogP contribution in [-0.4, -0.2) is 35.7 Å². The molecular weight excluding hydrogens is 420 g/mol. The molecule has 1 saturated heterocycles. The Morgan fingerprint density at radius 2 is 1.31 bits per heavy atom. The van der Waals surface area contributed by atoms with E-state index in [1.807, 2.05) is 72.8 Å². The Balaban J connectivity index is 1.14. The molecule has 1 aliphatic heterocycles. The van der Waals surface area contributed by atoms with Crippen LogP contribution in [0, 0.1) is 0 Å². The van der Waals surface area contributed by atoms with Gasteiger partial charge in [0.05, 0.1) is 11.1 Å². The third-order valence-electron chi connectivity index (χ3n) is 5.69. The van der Waals surface area contributed by atoms with Crippen LogP contribution in [0.5, 0.6) is 0 Å². The highest BCUT2D eigenvalue weighted by Gasteiger charge is 2.29. The maximum Gasteiger partial charge on any atom is 0.338 e. The maximum atomic E-state index is 12.6. The van der Waals surface area contributed by atoms with Crippen LogP contribution in [0.15, 0.2) is 84.9 Å². The first-order chi connectivity index (χ1) is 15.7. The molecule has 4 aromatic carbocycles. The van der Waals surface area contributed by atoms with Gasteiger partial charge in [-0.05, 0) is 45.8 Å². The number of carbonyl (C=O) groups is 2. The first-order valence-electron chi connectivity index (χ1n) is 10.6. The number of esters is 2. The maximum absolute atomic E-state index is 12.6. The molecule has 0 spiro atoms. The topological polar surface area (TPSA) is 52.6 Å². The zero-order valence-electron chi connectivity index (χ0n) is 17.4. The summed E-state index contributed by atoms with van der Waals surface area (Å²) in [7, 11) is 0. The predicted molar refractivity (Wildman–Crippen MR) is 128 cm³/mol. The number of rotatable bonds is 5. The highest BCUT2D eigenvalue weighted by Crippen LogP contribution is 2.30. The third-order valence-corrected chi connectivity index (χ3v) is 7.05. The largest absolute Gasteiger partial charge is 0.461 e. The lowest BCUT2D eigenvalue weighted by Gasteiger charge is -2.13. The van der Waals surface area contributed by atoms with Crippen molar-refractivity contribution in [2.24, 2.45) is 0 Å². The van der Waals surface area contributed by atoms with E-state index in [9.17, 15) is 9.59 Å². The quantitative estimate of drug-likeness (QED) is 0.361. The van der Waals surface area contributed by atoms with Gasteiger partial charge in [-0.25, -0.2) is 9.59 Å². The minimum atomic E-state index is -0.326. The molecule has 0 aliphatic carbocycles. The first kappa shape index (κ1) is 20.6. The van der Waals surface area contributed by atoms with Crippen molar-refractivity contribution in [3.8, 4) is 0 Å². The van der Waals surface area contributed by atoms with Crippen LogP contribution < -0.4 is 0 Å². The molecule has 32 heavy (non-hydrogen) atoms. The van der Waals surface area contributed by atoms with E-state index in [1.165, 1.54) is 0 Å². The number of hydrogen-bond acceptors (Lipinski definition) is 5. The second kappa shape index (κ2) is 9.05. The van der Waals surface area contributed by atoms with E-state index in [-0.39, 0.29) is 23.3 Å². The van der Waals surface area contributed by atoms with E-state index in [0.29, 0.717) is 29.9 Å². The average molecular weight is 443 g/mol. The fourth-order valence-electron chi connectivity index (χ4n) is 3.97. The summed E-state index contributed by atoms with van der Waals surface area (Å²) in [5.41, 5.74) is 1.10. The normalized spacial score (nSPS) is 18.0. The van der Waals surface area contributed by atoms with Gasteiger partial charge in [0.25, 0.3) is 0 Å². The highest BCUT2D eigenvalue weighted by atomic mass is 32.2. The molecule has 1 heterocycles. The molecule has 1 aliphatic rings. The van der Waals surface area contributed by atoms with Crippen LogP contribution >= 0.6 is 11.8 Å². The van der Waals surface area contributed by atoms with Crippen LogP contribution in [-0.2, 0) is 9.47 Å². The SMILES string of the molecule is O=C(OC[C@H]1C[C@H](OC(=O)c2ccc3ccccc3c2)CS1)c1ccc2ccccc2c1. The minimum Gasteiger partial charge on any atom is -0.461 e. The monoisotopic (exact) mass is 442 g/mol. The molecule has 0 radical (unpaired) electrons. The van der Waals surface area contributed by atoms with E-state index in [4.69, 9.17) is 9.47 Å². The molecule has 160 valence electrons. The predicted octanol–water partition coefficient (Wildman–Crippen LogP) is 5.88. The van der Waals surface area contributed by atoms with Crippen molar-refractivity contribution in [3.05, 3.63) is 96.1 Å². The minimum absolute atomic E-state index is 0.119. The van der Waals surface area contributed by atoms with Gasteiger partial charge in [0, 0.05) is 17.4 Å². The fourth-order valence-corrected chi connectivity index (χ4v) is 5.18. The summed E-state index contributed by atoms with van der Waals surface area (Å²) in [4.78, 5) is 25.1. The van der Waals surface area contributed by atoms with Crippen molar-refractivity contribution >= 4 is 45.2 Å². The van der Waals surface area contributed by atoms with Crippen LogP contribution in [0.4, 0.5) is 0 Å². The Bertz CT molecular complexity index is 1300. The molecule has 0 bridgehead atoms. The number of fused-ring (bicyclic) bond motifs is 2. The van der Waals surface area contributed by atoms with Crippen molar-refractivity contribution in [1.82, 2.24) is 0 Å². The van der Waals surface area contributed by atoms with Gasteiger partial charge in [-0.3, -0.25) is 0 Å². The van der Waals surface area contributed by atoms with Crippen molar-refractivity contribution in [1.29, 1.82) is 0 Å². The van der Waals surface area contributed by atoms with Gasteiger partial charge in [0.2, 0.25) is 0 Å². The van der Waals surface area contributed by atoms with Gasteiger partial charge < -0.3 is 9.47 Å². The van der Waals surface area contributed by atoms with E-state index < -0.39 is 0 Å². The van der Waals surface area contributed by atoms with Crippen LogP contribution in [0.2, 0.25) is 0 Å². The van der Waals surface area contributed by atoms with E-state index in [0.717, 1.165) is 21.5 Å². The second-order valence-electron chi connectivity index (χ2n) is 7.94. The molecule has 0 saturated carbocycles. The first-order valence-corrected chi connectivity index (χ1v) is 11.7. The zero-order valence-corrected chi connectivity index (χ0v) is 18.2. The standard InChI is InChI=1S/C27H22O4S/c28-26(22-11-9-18-5-1-3-7-20(18)13-22)30-16-25-15-24(17-32-25)31-27(29)23-12-10-19-6-2-4-8-21(19)14-23/h1-14,24-25H,15-17H2/t24-,25+/m0/s1. The molecule has 0 amide bonds. The molecule has 4 nitrogen and oxygen atoms in total. The van der Waals surface area contributed by atoms with Gasteiger partial charge in [0.15, 0.2) is 0 Å². The van der Waals surface area contributed by atoms with E-state index in [2.05, 4.69) is 0 Å². The highest BCUT2D eigenvalue weighted by molar-refractivity contribution is 8.00. The van der Waals surface area contributed by atoms with Gasteiger partial charge in [-0.2, -0.15) is 11.8 Å². The number of thioether (sulfide) groups is 1. The lowest BCUT2D eigenvalue weighted by atomic mass is 10.1. The third kappa shape index (κ3) is 4.48. The smallest absolute Gasteiger partial charge is 0.338 e. The van der Waals surface area contributed by atoms with Crippen LogP contribution in [0.1, 0.15) is 27.1 Å². The van der Waals surface area contributed by atoms with Crippen molar-refractivity contribution < 1.29 is 19.1 Å². The summed E-state index contributed by atoms with van der Waals surface area (Å²) in [5, 5.41) is 4.33. The molecule has 0 N–H and O–H groups in total. The number of ether oxygens (including phenoxy) is 2. The number of benzene rings is 4. The van der Waals surface area contributed by atoms with Crippen LogP contribution in [0.25, 0.3) is 21.5 Å². The lowest BCUT2D eigenvalue weighted by molar-refractivity contribution is 0.0318. The average Bonchev–Trinajstić information content (AvgIpc) is 3.29. The van der Waals surface area contributed by atoms with Gasteiger partial charge in [-0.15, -0.1) is 0 Å². The molecule has 5 heteroatoms. The fraction of sp³-hybridized carbons (Fsp3) is 0.185. The molecule has 5 rings (SSSR count). The number of carbonyl (C=O) groups excluding carboxylic acids is 2. The Labute approximate surface area is 190 Å². The molecule has 0 unspecified atom stereocenters. The zero-order chi connectivity index (χ0) is 21.9. The van der Waals surface area contributed by atoms with E-state index in [1.54, 1.807) is 23.9 Å². The van der Waals surface area contributed by atoms with Crippen molar-refractivity contribution in [2.75, 3.05) is 12.4 Å². The van der Waals surface area contributed by atoms with Crippen molar-refractivity contribution in [2.45, 2.75) is 17.8 Å². The lowest BCUT2D eigenvalue weighted by Crippen LogP contribution is -2.20. The summed E-state index contributed by atoms with van der Waals surface area (Å²) in [6, 6.07) is 27.0. The van der Waals surface area contributed by atoms with Crippen LogP contribution in [0.3, 0.4) is 0 Å². The van der Waals surface area contributed by atoms with E-state index >= 15 is 0 Å². The van der Waals surface area contributed by atoms with Gasteiger partial charge in [-0.1, -0.05) is 60.7 Å². The summed E-state index contributed by atoms with van der Waals surface area (Å²) < 4.78 is 11.3. The summed E-state index contributed by atoms with van der Waals surface area (Å²) in [5.74, 6) is 0.0699. The molecule has 2 atom stereocenters. The summed E-state index contributed by atoms with van der Waals surface area (Å²) >= 11 is 1.68. The Kier molecular flexibility index (Phi) is 5.82. The van der Waals surface area contributed by atoms with Gasteiger partial charge >= 0.3 is 11.9 Å². The van der Waals surface area contributed by atoms with Crippen molar-refractivity contribution in [3.63, 3.8) is 0 Å². The Morgan fingerprint density at radius 3 is 1.94 bits per heavy atom. The molecule has 1 fully saturated rings.